The van der Waals surface area contributed by atoms with Crippen molar-refractivity contribution in [1.29, 1.82) is 0 Å². The predicted octanol–water partition coefficient (Wildman–Crippen LogP) is 4.62. The first-order valence-electron chi connectivity index (χ1n) is 9.84. The largest absolute Gasteiger partial charge is 0.378 e. The molecule has 0 spiro atoms. The lowest BCUT2D eigenvalue weighted by Crippen LogP contribution is -2.38. The van der Waals surface area contributed by atoms with Crippen LogP contribution in [0.5, 0.6) is 0 Å². The number of carbonyl (C=O) groups excluding carboxylic acids is 1. The molecule has 7 nitrogen and oxygen atoms in total. The molecule has 0 unspecified atom stereocenters. The molecule has 10 heteroatoms. The van der Waals surface area contributed by atoms with E-state index in [2.05, 4.69) is 0 Å². The van der Waals surface area contributed by atoms with Crippen LogP contribution < -0.4 is 9.80 Å². The molecule has 0 N–H and O–H groups in total. The minimum Gasteiger partial charge on any atom is -0.378 e. The number of ether oxygens (including phenoxy) is 1. The Bertz CT molecular complexity index is 1130. The number of hydrogen-bond donors (Lipinski definition) is 0. The topological polar surface area (TPSA) is 75.9 Å². The molecule has 0 radical (unpaired) electrons. The van der Waals surface area contributed by atoms with Gasteiger partial charge in [-0.3, -0.25) is 14.9 Å². The Morgan fingerprint density at radius 3 is 2.59 bits per heavy atom. The Labute approximate surface area is 186 Å². The SMILES string of the molecule is O=C(c1cc([N+](=O)[O-])ccc1N1CCOCC1)N(Cc1cccs1)c1ccc(F)cc1F. The van der Waals surface area contributed by atoms with E-state index in [0.29, 0.717) is 38.1 Å². The van der Waals surface area contributed by atoms with Gasteiger partial charge in [0.25, 0.3) is 11.6 Å². The van der Waals surface area contributed by atoms with Gasteiger partial charge in [0.2, 0.25) is 0 Å². The number of amides is 1. The Morgan fingerprint density at radius 1 is 1.16 bits per heavy atom. The lowest BCUT2D eigenvalue weighted by molar-refractivity contribution is -0.384. The number of carbonyl (C=O) groups is 1. The summed E-state index contributed by atoms with van der Waals surface area (Å²) < 4.78 is 33.6. The van der Waals surface area contributed by atoms with E-state index in [4.69, 9.17) is 4.74 Å². The van der Waals surface area contributed by atoms with Gasteiger partial charge in [0, 0.05) is 36.2 Å². The second-order valence-corrected chi connectivity index (χ2v) is 8.16. The lowest BCUT2D eigenvalue weighted by atomic mass is 10.1. The summed E-state index contributed by atoms with van der Waals surface area (Å²) in [7, 11) is 0. The number of non-ortho nitro benzene ring substituents is 1. The smallest absolute Gasteiger partial charge is 0.270 e. The maximum absolute atomic E-state index is 14.7. The van der Waals surface area contributed by atoms with Gasteiger partial charge in [0.15, 0.2) is 0 Å². The van der Waals surface area contributed by atoms with Gasteiger partial charge in [-0.25, -0.2) is 8.78 Å². The van der Waals surface area contributed by atoms with Crippen molar-refractivity contribution in [1.82, 2.24) is 0 Å². The molecule has 0 atom stereocenters. The van der Waals surface area contributed by atoms with E-state index in [1.807, 2.05) is 10.3 Å². The van der Waals surface area contributed by atoms with Crippen LogP contribution in [0.15, 0.2) is 53.9 Å². The molecule has 0 aliphatic carbocycles. The fourth-order valence-electron chi connectivity index (χ4n) is 3.56. The number of benzene rings is 2. The first-order chi connectivity index (χ1) is 15.4. The van der Waals surface area contributed by atoms with Crippen molar-refractivity contribution in [3.8, 4) is 0 Å². The summed E-state index contributed by atoms with van der Waals surface area (Å²) in [4.78, 5) is 28.4. The zero-order chi connectivity index (χ0) is 22.7. The molecular formula is C22H19F2N3O4S. The number of nitro benzene ring substituents is 1. The molecule has 3 aromatic rings. The Hall–Kier alpha value is -3.37. The van der Waals surface area contributed by atoms with Gasteiger partial charge in [-0.1, -0.05) is 6.07 Å². The number of rotatable bonds is 6. The third-order valence-electron chi connectivity index (χ3n) is 5.11. The molecule has 1 fully saturated rings. The van der Waals surface area contributed by atoms with Crippen molar-refractivity contribution in [3.63, 3.8) is 0 Å². The minimum atomic E-state index is -0.895. The van der Waals surface area contributed by atoms with E-state index in [1.165, 1.54) is 40.5 Å². The van der Waals surface area contributed by atoms with Crippen LogP contribution in [0.2, 0.25) is 0 Å². The number of hydrogen-bond acceptors (Lipinski definition) is 6. The fraction of sp³-hybridized carbons (Fsp3) is 0.227. The maximum atomic E-state index is 14.7. The van der Waals surface area contributed by atoms with Crippen molar-refractivity contribution in [3.05, 3.63) is 86.1 Å². The van der Waals surface area contributed by atoms with Gasteiger partial charge in [-0.05, 0) is 29.6 Å². The second-order valence-electron chi connectivity index (χ2n) is 7.12. The van der Waals surface area contributed by atoms with Gasteiger partial charge in [-0.15, -0.1) is 11.3 Å². The summed E-state index contributed by atoms with van der Waals surface area (Å²) in [5.41, 5.74) is 0.217. The highest BCUT2D eigenvalue weighted by molar-refractivity contribution is 7.09. The summed E-state index contributed by atoms with van der Waals surface area (Å²) >= 11 is 1.38. The zero-order valence-electron chi connectivity index (χ0n) is 16.9. The van der Waals surface area contributed by atoms with Gasteiger partial charge in [0.1, 0.15) is 11.6 Å². The van der Waals surface area contributed by atoms with Crippen LogP contribution in [0.4, 0.5) is 25.8 Å². The van der Waals surface area contributed by atoms with Gasteiger partial charge < -0.3 is 14.5 Å². The standard InChI is InChI=1S/C22H19F2N3O4S/c23-15-3-5-21(19(24)12-15)26(14-17-2-1-11-32-17)22(28)18-13-16(27(29)30)4-6-20(18)25-7-9-31-10-8-25/h1-6,11-13H,7-10,14H2. The highest BCUT2D eigenvalue weighted by Crippen LogP contribution is 2.31. The van der Waals surface area contributed by atoms with Crippen molar-refractivity contribution >= 4 is 34.3 Å². The summed E-state index contributed by atoms with van der Waals surface area (Å²) in [6.07, 6.45) is 0. The fourth-order valence-corrected chi connectivity index (χ4v) is 4.25. The number of anilines is 2. The first-order valence-corrected chi connectivity index (χ1v) is 10.7. The molecule has 1 saturated heterocycles. The molecule has 2 aromatic carbocycles. The van der Waals surface area contributed by atoms with E-state index in [9.17, 15) is 23.7 Å². The molecule has 32 heavy (non-hydrogen) atoms. The zero-order valence-corrected chi connectivity index (χ0v) is 17.7. The molecule has 2 heterocycles. The Balaban J connectivity index is 1.81. The van der Waals surface area contributed by atoms with Gasteiger partial charge >= 0.3 is 0 Å². The van der Waals surface area contributed by atoms with Crippen molar-refractivity contribution in [2.75, 3.05) is 36.1 Å². The molecule has 166 valence electrons. The average Bonchev–Trinajstić information content (AvgIpc) is 3.31. The van der Waals surface area contributed by atoms with Crippen LogP contribution in [0.3, 0.4) is 0 Å². The molecule has 1 amide bonds. The van der Waals surface area contributed by atoms with Crippen LogP contribution in [-0.2, 0) is 11.3 Å². The van der Waals surface area contributed by atoms with Crippen LogP contribution in [0.1, 0.15) is 15.2 Å². The number of halogens is 2. The van der Waals surface area contributed by atoms with E-state index < -0.39 is 22.5 Å². The number of nitro groups is 1. The number of morpholine rings is 1. The second kappa shape index (κ2) is 9.41. The maximum Gasteiger partial charge on any atom is 0.270 e. The molecule has 1 aliphatic heterocycles. The Kier molecular flexibility index (Phi) is 6.42. The van der Waals surface area contributed by atoms with Crippen molar-refractivity contribution in [2.45, 2.75) is 6.54 Å². The summed E-state index contributed by atoms with van der Waals surface area (Å²) in [5, 5.41) is 13.2. The minimum absolute atomic E-state index is 0.0320. The first kappa shape index (κ1) is 21.8. The van der Waals surface area contributed by atoms with E-state index in [-0.39, 0.29) is 23.5 Å². The molecule has 1 aliphatic rings. The van der Waals surface area contributed by atoms with Crippen molar-refractivity contribution < 1.29 is 23.2 Å². The Morgan fingerprint density at radius 2 is 1.94 bits per heavy atom. The number of thiophene rings is 1. The highest BCUT2D eigenvalue weighted by Gasteiger charge is 2.28. The van der Waals surface area contributed by atoms with E-state index in [0.717, 1.165) is 10.9 Å². The monoisotopic (exact) mass is 459 g/mol. The van der Waals surface area contributed by atoms with Gasteiger partial charge in [-0.2, -0.15) is 0 Å². The molecule has 1 aromatic heterocycles. The summed E-state index contributed by atoms with van der Waals surface area (Å²) in [6, 6.07) is 10.6. The molecule has 0 bridgehead atoms. The summed E-state index contributed by atoms with van der Waals surface area (Å²) in [5.74, 6) is -2.28. The van der Waals surface area contributed by atoms with Crippen LogP contribution in [-0.4, -0.2) is 37.1 Å². The number of nitrogens with zero attached hydrogens (tertiary/aromatic N) is 3. The van der Waals surface area contributed by atoms with E-state index in [1.54, 1.807) is 12.1 Å². The quantitative estimate of drug-likeness (QED) is 0.397. The average molecular weight is 459 g/mol. The highest BCUT2D eigenvalue weighted by atomic mass is 32.1. The predicted molar refractivity (Wildman–Crippen MR) is 117 cm³/mol. The molecule has 0 saturated carbocycles. The molecular weight excluding hydrogens is 440 g/mol. The third kappa shape index (κ3) is 4.61. The van der Waals surface area contributed by atoms with Gasteiger partial charge in [0.05, 0.1) is 41.6 Å². The van der Waals surface area contributed by atoms with E-state index >= 15 is 0 Å². The van der Waals surface area contributed by atoms with Crippen LogP contribution in [0.25, 0.3) is 0 Å². The lowest BCUT2D eigenvalue weighted by Gasteiger charge is -2.31. The van der Waals surface area contributed by atoms with Crippen LogP contribution >= 0.6 is 11.3 Å². The normalized spacial score (nSPS) is 13.8. The summed E-state index contributed by atoms with van der Waals surface area (Å²) in [6.45, 7) is 1.96. The third-order valence-corrected chi connectivity index (χ3v) is 5.97. The van der Waals surface area contributed by atoms with Crippen molar-refractivity contribution in [2.24, 2.45) is 0 Å². The molecule has 4 rings (SSSR count). The van der Waals surface area contributed by atoms with Crippen LogP contribution in [0, 0.1) is 21.7 Å².